The highest BCUT2D eigenvalue weighted by Gasteiger charge is 2.25. The van der Waals surface area contributed by atoms with Gasteiger partial charge in [-0.1, -0.05) is 60.7 Å². The van der Waals surface area contributed by atoms with E-state index < -0.39 is 63.3 Å². The fourth-order valence-corrected chi connectivity index (χ4v) is 4.12. The van der Waals surface area contributed by atoms with E-state index in [1.807, 2.05) is 5.32 Å². The van der Waals surface area contributed by atoms with E-state index in [4.69, 9.17) is 4.74 Å². The number of ether oxygens (including phenoxy) is 1. The van der Waals surface area contributed by atoms with Crippen molar-refractivity contribution in [2.45, 2.75) is 11.4 Å². The molecule has 2 rings (SSSR count). The molecular formula is C19H19N3O10S. The maximum absolute atomic E-state index is 13.0. The molecule has 0 aromatic heterocycles. The molecule has 14 heteroatoms. The molecule has 0 fully saturated rings. The van der Waals surface area contributed by atoms with Crippen LogP contribution in [0.4, 0.5) is 4.79 Å². The third kappa shape index (κ3) is 8.90. The Labute approximate surface area is 189 Å². The van der Waals surface area contributed by atoms with Crippen molar-refractivity contribution in [3.8, 4) is 0 Å². The van der Waals surface area contributed by atoms with Gasteiger partial charge in [-0.25, -0.2) is 4.79 Å². The molecule has 176 valence electrons. The summed E-state index contributed by atoms with van der Waals surface area (Å²) in [6.45, 7) is -1.73. The summed E-state index contributed by atoms with van der Waals surface area (Å²) >= 11 is 0. The topological polar surface area (TPSA) is 177 Å². The highest BCUT2D eigenvalue weighted by molar-refractivity contribution is 7.86. The number of hydrogen-bond donors (Lipinski definition) is 1. The van der Waals surface area contributed by atoms with Crippen LogP contribution >= 0.6 is 0 Å². The molecule has 33 heavy (non-hydrogen) atoms. The average molecular weight is 481 g/mol. The first-order valence-electron chi connectivity index (χ1n) is 9.28. The third-order valence-electron chi connectivity index (χ3n) is 3.99. The van der Waals surface area contributed by atoms with E-state index in [1.165, 1.54) is 0 Å². The Morgan fingerprint density at radius 1 is 0.879 bits per heavy atom. The van der Waals surface area contributed by atoms with Crippen LogP contribution in [-0.2, 0) is 30.0 Å². The van der Waals surface area contributed by atoms with Crippen molar-refractivity contribution >= 4 is 22.8 Å². The number of nitrogens with zero attached hydrogens (tertiary/aromatic N) is 2. The molecule has 0 spiro atoms. The molecule has 2 aromatic rings. The summed E-state index contributed by atoms with van der Waals surface area (Å²) in [4.78, 5) is 52.8. The number of benzene rings is 2. The van der Waals surface area contributed by atoms with Crippen LogP contribution in [-0.4, -0.2) is 51.5 Å². The molecule has 0 aliphatic carbocycles. The highest BCUT2D eigenvalue weighted by atomic mass is 32.2. The van der Waals surface area contributed by atoms with Crippen molar-refractivity contribution in [3.05, 3.63) is 92.0 Å². The largest absolute Gasteiger partial charge is 0.442 e. The van der Waals surface area contributed by atoms with Crippen LogP contribution in [0.1, 0.15) is 16.4 Å². The number of alkyl carbamates (subject to hydrolysis) is 1. The number of nitrogens with one attached hydrogen (secondary N) is 1. The lowest BCUT2D eigenvalue weighted by molar-refractivity contribution is -0.768. The molecular weight excluding hydrogens is 462 g/mol. The molecule has 2 aromatic carbocycles. The van der Waals surface area contributed by atoms with Gasteiger partial charge in [0.05, 0.1) is 5.25 Å². The van der Waals surface area contributed by atoms with Crippen LogP contribution in [0.3, 0.4) is 0 Å². The molecule has 0 aliphatic rings. The Bertz CT molecular complexity index is 932. The minimum Gasteiger partial charge on any atom is -0.442 e. The maximum atomic E-state index is 13.0. The van der Waals surface area contributed by atoms with Gasteiger partial charge in [0.15, 0.2) is 6.10 Å². The Morgan fingerprint density at radius 3 is 1.76 bits per heavy atom. The Hall–Kier alpha value is -4.07. The molecule has 0 radical (unpaired) electrons. The van der Waals surface area contributed by atoms with Crippen LogP contribution in [0.25, 0.3) is 0 Å². The van der Waals surface area contributed by atoms with Gasteiger partial charge in [0.25, 0.3) is 10.2 Å². The van der Waals surface area contributed by atoms with E-state index in [-0.39, 0.29) is 0 Å². The van der Waals surface area contributed by atoms with E-state index in [9.17, 15) is 34.0 Å². The second-order valence-electron chi connectivity index (χ2n) is 6.34. The van der Waals surface area contributed by atoms with E-state index in [0.717, 1.165) is 0 Å². The lowest BCUT2D eigenvalue weighted by Crippen LogP contribution is -2.39. The molecule has 1 unspecified atom stereocenters. The molecule has 0 heterocycles. The summed E-state index contributed by atoms with van der Waals surface area (Å²) in [5.41, 5.74) is 1.40. The van der Waals surface area contributed by atoms with E-state index in [2.05, 4.69) is 9.68 Å². The standard InChI is InChI=1S/C19H19N3O10S/c23-17(20-19(24)32-16(11-30-21(25)26)12-31-22(27)28)13-33(29)18(14-7-3-1-4-8-14)15-9-5-2-6-10-15/h1-10,16,18H,11-13H2,(H,20,23,24). The van der Waals surface area contributed by atoms with Crippen LogP contribution in [0, 0.1) is 20.2 Å². The fraction of sp³-hybridized carbons (Fsp3) is 0.263. The van der Waals surface area contributed by atoms with Crippen molar-refractivity contribution in [2.24, 2.45) is 0 Å². The monoisotopic (exact) mass is 481 g/mol. The third-order valence-corrected chi connectivity index (χ3v) is 5.60. The van der Waals surface area contributed by atoms with E-state index >= 15 is 0 Å². The van der Waals surface area contributed by atoms with Gasteiger partial charge in [0, 0.05) is 10.8 Å². The van der Waals surface area contributed by atoms with Gasteiger partial charge in [0.1, 0.15) is 19.0 Å². The minimum atomic E-state index is -1.79. The number of rotatable bonds is 12. The van der Waals surface area contributed by atoms with Crippen LogP contribution < -0.4 is 5.32 Å². The minimum absolute atomic E-state index is 0.564. The zero-order valence-electron chi connectivity index (χ0n) is 16.9. The fourth-order valence-electron chi connectivity index (χ4n) is 2.70. The van der Waals surface area contributed by atoms with Crippen LogP contribution in [0.5, 0.6) is 0 Å². The van der Waals surface area contributed by atoms with Crippen molar-refractivity contribution in [2.75, 3.05) is 19.0 Å². The SMILES string of the molecule is O=C(CS(=O)C(c1ccccc1)c1ccccc1)NC(=O)OC(CO[N+](=O)[O-])CO[N+](=O)[O-]. The number of carbonyl (C=O) groups is 2. The second-order valence-corrected chi connectivity index (χ2v) is 7.86. The van der Waals surface area contributed by atoms with Crippen molar-refractivity contribution < 1.29 is 38.4 Å². The zero-order chi connectivity index (χ0) is 24.2. The Kier molecular flexibility index (Phi) is 9.70. The Morgan fingerprint density at radius 2 is 1.33 bits per heavy atom. The van der Waals surface area contributed by atoms with Gasteiger partial charge in [0.2, 0.25) is 5.91 Å². The predicted octanol–water partition coefficient (Wildman–Crippen LogP) is 1.56. The summed E-state index contributed by atoms with van der Waals surface area (Å²) in [6, 6.07) is 17.7. The summed E-state index contributed by atoms with van der Waals surface area (Å²) in [5.74, 6) is -1.51. The number of hydrogen-bond acceptors (Lipinski definition) is 10. The van der Waals surface area contributed by atoms with Crippen LogP contribution in [0.2, 0.25) is 0 Å². The number of amides is 2. The maximum Gasteiger partial charge on any atom is 0.414 e. The lowest BCUT2D eigenvalue weighted by Gasteiger charge is -2.18. The molecule has 13 nitrogen and oxygen atoms in total. The summed E-state index contributed by atoms with van der Waals surface area (Å²) in [7, 11) is -1.79. The van der Waals surface area contributed by atoms with Gasteiger partial charge in [-0.05, 0) is 11.1 Å². The van der Waals surface area contributed by atoms with Gasteiger partial charge in [-0.3, -0.25) is 14.3 Å². The zero-order valence-corrected chi connectivity index (χ0v) is 17.8. The Balaban J connectivity index is 2.01. The molecule has 0 aliphatic heterocycles. The van der Waals surface area contributed by atoms with E-state index in [0.29, 0.717) is 11.1 Å². The van der Waals surface area contributed by atoms with E-state index in [1.54, 1.807) is 60.7 Å². The molecule has 2 amide bonds. The quantitative estimate of drug-likeness (QED) is 0.345. The molecule has 1 N–H and O–H groups in total. The van der Waals surface area contributed by atoms with Gasteiger partial charge >= 0.3 is 6.09 Å². The normalized spacial score (nSPS) is 11.5. The smallest absolute Gasteiger partial charge is 0.414 e. The first-order valence-corrected chi connectivity index (χ1v) is 10.7. The summed E-state index contributed by atoms with van der Waals surface area (Å²) in [6.07, 6.45) is -2.92. The highest BCUT2D eigenvalue weighted by Crippen LogP contribution is 2.28. The molecule has 0 bridgehead atoms. The number of imide groups is 1. The van der Waals surface area contributed by atoms with Gasteiger partial charge in [-0.2, -0.15) is 0 Å². The average Bonchev–Trinajstić information content (AvgIpc) is 2.77. The van der Waals surface area contributed by atoms with Crippen molar-refractivity contribution in [1.82, 2.24) is 5.32 Å². The van der Waals surface area contributed by atoms with Crippen molar-refractivity contribution in [3.63, 3.8) is 0 Å². The van der Waals surface area contributed by atoms with Crippen molar-refractivity contribution in [1.29, 1.82) is 0 Å². The predicted molar refractivity (Wildman–Crippen MR) is 112 cm³/mol. The molecule has 1 atom stereocenters. The summed E-state index contributed by atoms with van der Waals surface area (Å²) < 4.78 is 17.7. The van der Waals surface area contributed by atoms with Gasteiger partial charge in [-0.15, -0.1) is 20.2 Å². The molecule has 0 saturated heterocycles. The van der Waals surface area contributed by atoms with Crippen LogP contribution in [0.15, 0.2) is 60.7 Å². The number of carbonyl (C=O) groups excluding carboxylic acids is 2. The first kappa shape index (κ1) is 25.2. The second kappa shape index (κ2) is 12.7. The summed E-state index contributed by atoms with van der Waals surface area (Å²) in [5, 5.41) is 19.4. The lowest BCUT2D eigenvalue weighted by atomic mass is 10.0. The first-order chi connectivity index (χ1) is 15.8. The molecule has 0 saturated carbocycles. The van der Waals surface area contributed by atoms with Gasteiger partial charge < -0.3 is 14.4 Å².